The molecule has 17 heavy (non-hydrogen) atoms. The highest BCUT2D eigenvalue weighted by atomic mass is 35.5. The highest BCUT2D eigenvalue weighted by Gasteiger charge is 2.00. The Morgan fingerprint density at radius 2 is 1.65 bits per heavy atom. The zero-order chi connectivity index (χ0) is 11.2. The molecule has 90 valence electrons. The Hall–Kier alpha value is -1.54. The SMILES string of the molecule is COc1ccc(CC[n+]2ccccc2)cc1.[Cl-]. The second-order valence-electron chi connectivity index (χ2n) is 3.71. The van der Waals surface area contributed by atoms with Crippen LogP contribution >= 0.6 is 0 Å². The van der Waals surface area contributed by atoms with E-state index >= 15 is 0 Å². The predicted octanol–water partition coefficient (Wildman–Crippen LogP) is -0.771. The third-order valence-electron chi connectivity index (χ3n) is 2.60. The van der Waals surface area contributed by atoms with Crippen molar-refractivity contribution in [3.8, 4) is 5.75 Å². The molecule has 0 unspecified atom stereocenters. The molecule has 2 aromatic rings. The van der Waals surface area contributed by atoms with Gasteiger partial charge >= 0.3 is 0 Å². The van der Waals surface area contributed by atoms with Crippen molar-refractivity contribution in [1.82, 2.24) is 0 Å². The van der Waals surface area contributed by atoms with E-state index < -0.39 is 0 Å². The minimum Gasteiger partial charge on any atom is -1.00 e. The first kappa shape index (κ1) is 13.5. The fourth-order valence-corrected chi connectivity index (χ4v) is 1.63. The fraction of sp³-hybridized carbons (Fsp3) is 0.214. The summed E-state index contributed by atoms with van der Waals surface area (Å²) in [6, 6.07) is 14.4. The van der Waals surface area contributed by atoms with Crippen molar-refractivity contribution in [3.63, 3.8) is 0 Å². The monoisotopic (exact) mass is 249 g/mol. The van der Waals surface area contributed by atoms with E-state index in [2.05, 4.69) is 29.1 Å². The highest BCUT2D eigenvalue weighted by Crippen LogP contribution is 2.11. The van der Waals surface area contributed by atoms with Crippen molar-refractivity contribution in [1.29, 1.82) is 0 Å². The summed E-state index contributed by atoms with van der Waals surface area (Å²) in [5.41, 5.74) is 1.33. The Balaban J connectivity index is 0.00000144. The summed E-state index contributed by atoms with van der Waals surface area (Å²) < 4.78 is 7.31. The maximum absolute atomic E-state index is 5.13. The van der Waals surface area contributed by atoms with Crippen molar-refractivity contribution in [2.24, 2.45) is 0 Å². The molecule has 1 aromatic carbocycles. The van der Waals surface area contributed by atoms with Gasteiger partial charge in [0.15, 0.2) is 18.9 Å². The zero-order valence-corrected chi connectivity index (χ0v) is 10.6. The van der Waals surface area contributed by atoms with Gasteiger partial charge in [-0.1, -0.05) is 18.2 Å². The minimum atomic E-state index is 0. The van der Waals surface area contributed by atoms with Gasteiger partial charge < -0.3 is 17.1 Å². The van der Waals surface area contributed by atoms with Crippen molar-refractivity contribution in [3.05, 3.63) is 60.4 Å². The largest absolute Gasteiger partial charge is 1.00 e. The second-order valence-corrected chi connectivity index (χ2v) is 3.71. The molecule has 0 spiro atoms. The lowest BCUT2D eigenvalue weighted by Crippen LogP contribution is -3.00. The Labute approximate surface area is 108 Å². The predicted molar refractivity (Wildman–Crippen MR) is 63.3 cm³/mol. The van der Waals surface area contributed by atoms with Crippen LogP contribution in [0, 0.1) is 0 Å². The molecular formula is C14H16ClNO. The van der Waals surface area contributed by atoms with Crippen LogP contribution in [0.5, 0.6) is 5.75 Å². The first-order valence-electron chi connectivity index (χ1n) is 5.45. The number of hydrogen-bond acceptors (Lipinski definition) is 1. The van der Waals surface area contributed by atoms with Crippen LogP contribution in [0.15, 0.2) is 54.9 Å². The zero-order valence-electron chi connectivity index (χ0n) is 9.84. The molecule has 1 aromatic heterocycles. The topological polar surface area (TPSA) is 13.1 Å². The normalized spacial score (nSPS) is 9.47. The maximum atomic E-state index is 5.13. The van der Waals surface area contributed by atoms with E-state index in [9.17, 15) is 0 Å². The molecule has 0 aliphatic carbocycles. The molecule has 0 amide bonds. The van der Waals surface area contributed by atoms with E-state index in [1.54, 1.807) is 7.11 Å². The average molecular weight is 250 g/mol. The van der Waals surface area contributed by atoms with Crippen molar-refractivity contribution in [2.75, 3.05) is 7.11 Å². The van der Waals surface area contributed by atoms with E-state index in [0.29, 0.717) is 0 Å². The van der Waals surface area contributed by atoms with Gasteiger partial charge in [-0.2, -0.15) is 0 Å². The molecule has 0 aliphatic rings. The summed E-state index contributed by atoms with van der Waals surface area (Å²) in [6.07, 6.45) is 5.21. The van der Waals surface area contributed by atoms with Gasteiger partial charge in [-0.05, 0) is 17.7 Å². The smallest absolute Gasteiger partial charge is 0.168 e. The van der Waals surface area contributed by atoms with E-state index in [0.717, 1.165) is 18.7 Å². The molecule has 0 bridgehead atoms. The van der Waals surface area contributed by atoms with Gasteiger partial charge in [0.2, 0.25) is 0 Å². The number of rotatable bonds is 4. The van der Waals surface area contributed by atoms with Crippen molar-refractivity contribution in [2.45, 2.75) is 13.0 Å². The van der Waals surface area contributed by atoms with Gasteiger partial charge in [0, 0.05) is 18.6 Å². The molecule has 2 rings (SSSR count). The first-order chi connectivity index (χ1) is 7.88. The number of halogens is 1. The van der Waals surface area contributed by atoms with Crippen LogP contribution < -0.4 is 21.7 Å². The average Bonchev–Trinajstić information content (AvgIpc) is 2.38. The third kappa shape index (κ3) is 4.08. The lowest BCUT2D eigenvalue weighted by Gasteiger charge is -2.01. The van der Waals surface area contributed by atoms with E-state index in [4.69, 9.17) is 4.74 Å². The Bertz CT molecular complexity index is 428. The number of benzene rings is 1. The van der Waals surface area contributed by atoms with Gasteiger partial charge in [0.1, 0.15) is 5.75 Å². The van der Waals surface area contributed by atoms with Crippen LogP contribution in [0.25, 0.3) is 0 Å². The van der Waals surface area contributed by atoms with E-state index in [1.165, 1.54) is 5.56 Å². The number of pyridine rings is 1. The quantitative estimate of drug-likeness (QED) is 0.649. The lowest BCUT2D eigenvalue weighted by atomic mass is 10.1. The molecule has 3 heteroatoms. The summed E-state index contributed by atoms with van der Waals surface area (Å²) in [5.74, 6) is 0.913. The number of methoxy groups -OCH3 is 1. The summed E-state index contributed by atoms with van der Waals surface area (Å²) in [7, 11) is 1.69. The van der Waals surface area contributed by atoms with E-state index in [1.807, 2.05) is 30.3 Å². The second kappa shape index (κ2) is 6.92. The summed E-state index contributed by atoms with van der Waals surface area (Å²) in [5, 5.41) is 0. The van der Waals surface area contributed by atoms with Crippen LogP contribution in [0.4, 0.5) is 0 Å². The number of ether oxygens (including phenoxy) is 1. The Kier molecular flexibility index (Phi) is 5.50. The first-order valence-corrected chi connectivity index (χ1v) is 5.45. The van der Waals surface area contributed by atoms with Crippen LogP contribution in [0.3, 0.4) is 0 Å². The Morgan fingerprint density at radius 1 is 1.00 bits per heavy atom. The molecule has 2 nitrogen and oxygen atoms in total. The lowest BCUT2D eigenvalue weighted by molar-refractivity contribution is -0.696. The molecule has 0 aliphatic heterocycles. The van der Waals surface area contributed by atoms with Gasteiger partial charge in [-0.3, -0.25) is 0 Å². The molecule has 0 atom stereocenters. The fourth-order valence-electron chi connectivity index (χ4n) is 1.63. The maximum Gasteiger partial charge on any atom is 0.168 e. The van der Waals surface area contributed by atoms with Gasteiger partial charge in [0.05, 0.1) is 7.11 Å². The van der Waals surface area contributed by atoms with Crippen LogP contribution in [0.1, 0.15) is 5.56 Å². The molecule has 0 fully saturated rings. The standard InChI is InChI=1S/C14H16NO.ClH/c1-16-14-7-5-13(6-8-14)9-12-15-10-3-2-4-11-15;/h2-8,10-11H,9,12H2,1H3;1H/q+1;/p-1. The van der Waals surface area contributed by atoms with Crippen LogP contribution in [-0.2, 0) is 13.0 Å². The molecule has 0 radical (unpaired) electrons. The van der Waals surface area contributed by atoms with Gasteiger partial charge in [0.25, 0.3) is 0 Å². The van der Waals surface area contributed by atoms with Gasteiger partial charge in [-0.25, -0.2) is 4.57 Å². The number of nitrogens with zero attached hydrogens (tertiary/aromatic N) is 1. The van der Waals surface area contributed by atoms with E-state index in [-0.39, 0.29) is 12.4 Å². The molecular weight excluding hydrogens is 234 g/mol. The van der Waals surface area contributed by atoms with Crippen molar-refractivity contribution < 1.29 is 21.7 Å². The van der Waals surface area contributed by atoms with Crippen LogP contribution in [-0.4, -0.2) is 7.11 Å². The van der Waals surface area contributed by atoms with Crippen molar-refractivity contribution >= 4 is 0 Å². The Morgan fingerprint density at radius 3 is 2.24 bits per heavy atom. The summed E-state index contributed by atoms with van der Waals surface area (Å²) in [4.78, 5) is 0. The van der Waals surface area contributed by atoms with Crippen LogP contribution in [0.2, 0.25) is 0 Å². The van der Waals surface area contributed by atoms with Gasteiger partial charge in [-0.15, -0.1) is 0 Å². The number of aromatic nitrogens is 1. The third-order valence-corrected chi connectivity index (χ3v) is 2.60. The minimum absolute atomic E-state index is 0. The molecule has 0 saturated heterocycles. The summed E-state index contributed by atoms with van der Waals surface area (Å²) in [6.45, 7) is 1.01. The number of hydrogen-bond donors (Lipinski definition) is 0. The number of aryl methyl sites for hydroxylation is 2. The highest BCUT2D eigenvalue weighted by molar-refractivity contribution is 5.26. The molecule has 0 saturated carbocycles. The molecule has 1 heterocycles. The summed E-state index contributed by atoms with van der Waals surface area (Å²) >= 11 is 0. The molecule has 0 N–H and O–H groups in total.